The third-order valence-electron chi connectivity index (χ3n) is 5.21. The second-order valence-electron chi connectivity index (χ2n) is 7.71. The summed E-state index contributed by atoms with van der Waals surface area (Å²) in [5, 5.41) is 5.08. The van der Waals surface area contributed by atoms with Crippen LogP contribution in [0.15, 0.2) is 77.4 Å². The highest BCUT2D eigenvalue weighted by Gasteiger charge is 2.33. The van der Waals surface area contributed by atoms with E-state index in [-0.39, 0.29) is 12.4 Å². The molecular weight excluding hydrogens is 562 g/mol. The average Bonchev–Trinajstić information content (AvgIpc) is 3.13. The molecule has 0 radical (unpaired) electrons. The number of benzene rings is 3. The van der Waals surface area contributed by atoms with Gasteiger partial charge in [0, 0.05) is 5.56 Å². The van der Waals surface area contributed by atoms with Crippen LogP contribution in [0.4, 0.5) is 4.39 Å². The summed E-state index contributed by atoms with van der Waals surface area (Å²) < 4.78 is 25.8. The molecule has 3 aromatic rings. The van der Waals surface area contributed by atoms with E-state index in [4.69, 9.17) is 9.47 Å². The number of rotatable bonds is 7. The third-order valence-corrected chi connectivity index (χ3v) is 6.02. The van der Waals surface area contributed by atoms with Gasteiger partial charge in [-0.1, -0.05) is 30.3 Å². The van der Waals surface area contributed by atoms with E-state index in [1.807, 2.05) is 13.0 Å². The van der Waals surface area contributed by atoms with Gasteiger partial charge in [-0.3, -0.25) is 9.59 Å². The molecule has 4 rings (SSSR count). The van der Waals surface area contributed by atoms with Crippen molar-refractivity contribution in [3.05, 3.63) is 98.4 Å². The smallest absolute Gasteiger partial charge is 0.283 e. The van der Waals surface area contributed by atoms with E-state index in [1.54, 1.807) is 61.5 Å². The number of halogens is 2. The largest absolute Gasteiger partial charge is 0.490 e. The van der Waals surface area contributed by atoms with Gasteiger partial charge in [0.05, 0.1) is 21.5 Å². The zero-order valence-corrected chi connectivity index (χ0v) is 21.3. The number of imide groups is 1. The standard InChI is InChI=1S/C27H22FIN2O4/c1-3-34-24-15-19(14-23(29)25(24)35-16-18-9-11-21(28)12-10-18)13-22-17(2)30-31(27(22)33)26(32)20-7-5-4-6-8-20/h4-15H,3,16H2,1-2H3/b22-13+. The van der Waals surface area contributed by atoms with Crippen molar-refractivity contribution in [3.8, 4) is 11.5 Å². The molecule has 8 heteroatoms. The van der Waals surface area contributed by atoms with Gasteiger partial charge >= 0.3 is 0 Å². The normalized spacial score (nSPS) is 14.3. The Kier molecular flexibility index (Phi) is 7.60. The molecule has 6 nitrogen and oxygen atoms in total. The van der Waals surface area contributed by atoms with Crippen LogP contribution in [0.3, 0.4) is 0 Å². The van der Waals surface area contributed by atoms with Crippen LogP contribution in [0.5, 0.6) is 11.5 Å². The number of ether oxygens (including phenoxy) is 2. The van der Waals surface area contributed by atoms with Crippen LogP contribution in [-0.2, 0) is 11.4 Å². The van der Waals surface area contributed by atoms with Crippen molar-refractivity contribution in [2.45, 2.75) is 20.5 Å². The van der Waals surface area contributed by atoms with E-state index in [2.05, 4.69) is 27.7 Å². The summed E-state index contributed by atoms with van der Waals surface area (Å²) in [6.45, 7) is 4.22. The molecule has 0 bridgehead atoms. The van der Waals surface area contributed by atoms with E-state index in [1.165, 1.54) is 12.1 Å². The van der Waals surface area contributed by atoms with Gasteiger partial charge in [0.2, 0.25) is 0 Å². The zero-order chi connectivity index (χ0) is 24.9. The van der Waals surface area contributed by atoms with Gasteiger partial charge in [-0.15, -0.1) is 0 Å². The van der Waals surface area contributed by atoms with E-state index in [0.717, 1.165) is 14.1 Å². The third kappa shape index (κ3) is 5.59. The molecule has 1 heterocycles. The molecule has 1 aliphatic rings. The lowest BCUT2D eigenvalue weighted by atomic mass is 10.1. The van der Waals surface area contributed by atoms with Crippen LogP contribution >= 0.6 is 22.6 Å². The van der Waals surface area contributed by atoms with Crippen molar-refractivity contribution in [2.24, 2.45) is 5.10 Å². The van der Waals surface area contributed by atoms with E-state index < -0.39 is 11.8 Å². The molecule has 35 heavy (non-hydrogen) atoms. The van der Waals surface area contributed by atoms with Crippen LogP contribution < -0.4 is 9.47 Å². The number of carbonyl (C=O) groups excluding carboxylic acids is 2. The number of hydrogen-bond donors (Lipinski definition) is 0. The summed E-state index contributed by atoms with van der Waals surface area (Å²) in [7, 11) is 0. The molecule has 0 unspecified atom stereocenters. The highest BCUT2D eigenvalue weighted by Crippen LogP contribution is 2.36. The maximum absolute atomic E-state index is 13.2. The lowest BCUT2D eigenvalue weighted by molar-refractivity contribution is -0.123. The van der Waals surface area contributed by atoms with Gasteiger partial charge in [0.15, 0.2) is 11.5 Å². The van der Waals surface area contributed by atoms with Crippen LogP contribution in [0, 0.1) is 9.39 Å². The van der Waals surface area contributed by atoms with E-state index in [9.17, 15) is 14.0 Å². The second-order valence-corrected chi connectivity index (χ2v) is 8.87. The summed E-state index contributed by atoms with van der Waals surface area (Å²) in [5.74, 6) is -0.193. The highest BCUT2D eigenvalue weighted by molar-refractivity contribution is 14.1. The second kappa shape index (κ2) is 10.8. The first-order chi connectivity index (χ1) is 16.9. The summed E-state index contributed by atoms with van der Waals surface area (Å²) in [5.41, 5.74) is 2.69. The van der Waals surface area contributed by atoms with Gasteiger partial charge in [-0.05, 0) is 90.0 Å². The molecule has 1 aliphatic heterocycles. The topological polar surface area (TPSA) is 68.2 Å². The first kappa shape index (κ1) is 24.6. The Balaban J connectivity index is 1.59. The van der Waals surface area contributed by atoms with Crippen molar-refractivity contribution in [1.29, 1.82) is 0 Å². The predicted molar refractivity (Wildman–Crippen MR) is 140 cm³/mol. The number of hydrazone groups is 1. The maximum atomic E-state index is 13.2. The monoisotopic (exact) mass is 584 g/mol. The number of hydrogen-bond acceptors (Lipinski definition) is 5. The molecule has 3 aromatic carbocycles. The van der Waals surface area contributed by atoms with Gasteiger partial charge in [0.25, 0.3) is 11.8 Å². The van der Waals surface area contributed by atoms with Crippen LogP contribution in [0.2, 0.25) is 0 Å². The molecule has 0 saturated carbocycles. The highest BCUT2D eigenvalue weighted by atomic mass is 127. The van der Waals surface area contributed by atoms with Crippen LogP contribution in [-0.4, -0.2) is 29.1 Å². The molecule has 0 fully saturated rings. The molecule has 0 atom stereocenters. The van der Waals surface area contributed by atoms with Gasteiger partial charge < -0.3 is 9.47 Å². The van der Waals surface area contributed by atoms with Gasteiger partial charge in [-0.25, -0.2) is 4.39 Å². The minimum absolute atomic E-state index is 0.248. The lowest BCUT2D eigenvalue weighted by Crippen LogP contribution is -2.29. The predicted octanol–water partition coefficient (Wildman–Crippen LogP) is 5.85. The Morgan fingerprint density at radius 3 is 2.49 bits per heavy atom. The van der Waals surface area contributed by atoms with Crippen LogP contribution in [0.25, 0.3) is 6.08 Å². The summed E-state index contributed by atoms with van der Waals surface area (Å²) in [6, 6.07) is 18.3. The average molecular weight is 584 g/mol. The molecular formula is C27H22FIN2O4. The first-order valence-electron chi connectivity index (χ1n) is 10.9. The fraction of sp³-hybridized carbons (Fsp3) is 0.148. The molecule has 0 aliphatic carbocycles. The minimum atomic E-state index is -0.485. The van der Waals surface area contributed by atoms with Gasteiger partial charge in [-0.2, -0.15) is 10.1 Å². The summed E-state index contributed by atoms with van der Waals surface area (Å²) in [4.78, 5) is 25.8. The van der Waals surface area contributed by atoms with Gasteiger partial charge in [0.1, 0.15) is 12.4 Å². The Hall–Kier alpha value is -3.53. The lowest BCUT2D eigenvalue weighted by Gasteiger charge is -2.15. The molecule has 0 N–H and O–H groups in total. The fourth-order valence-electron chi connectivity index (χ4n) is 3.50. The van der Waals surface area contributed by atoms with Crippen molar-refractivity contribution >= 4 is 46.2 Å². The Morgan fingerprint density at radius 2 is 1.80 bits per heavy atom. The van der Waals surface area contributed by atoms with Crippen LogP contribution in [0.1, 0.15) is 35.3 Å². The SMILES string of the molecule is CCOc1cc(/C=C2/C(=O)N(C(=O)c3ccccc3)N=C2C)cc(I)c1OCc1ccc(F)cc1. The zero-order valence-electron chi connectivity index (χ0n) is 19.1. The van der Waals surface area contributed by atoms with E-state index in [0.29, 0.717) is 40.5 Å². The summed E-state index contributed by atoms with van der Waals surface area (Å²) >= 11 is 2.14. The van der Waals surface area contributed by atoms with Crippen molar-refractivity contribution in [2.75, 3.05) is 6.61 Å². The number of amides is 2. The van der Waals surface area contributed by atoms with Crippen molar-refractivity contribution in [1.82, 2.24) is 5.01 Å². The van der Waals surface area contributed by atoms with Crippen molar-refractivity contribution < 1.29 is 23.5 Å². The minimum Gasteiger partial charge on any atom is -0.490 e. The summed E-state index contributed by atoms with van der Waals surface area (Å²) in [6.07, 6.45) is 1.69. The van der Waals surface area contributed by atoms with E-state index >= 15 is 0 Å². The first-order valence-corrected chi connectivity index (χ1v) is 12.0. The fourth-order valence-corrected chi connectivity index (χ4v) is 4.28. The van der Waals surface area contributed by atoms with Crippen molar-refractivity contribution in [3.63, 3.8) is 0 Å². The molecule has 0 spiro atoms. The molecule has 0 saturated heterocycles. The quantitative estimate of drug-likeness (QED) is 0.199. The molecule has 178 valence electrons. The maximum Gasteiger partial charge on any atom is 0.283 e. The number of nitrogens with zero attached hydrogens (tertiary/aromatic N) is 2. The Morgan fingerprint density at radius 1 is 1.09 bits per heavy atom. The molecule has 2 amide bonds. The Bertz CT molecular complexity index is 1320. The number of carbonyl (C=O) groups is 2. The Labute approximate surface area is 216 Å². The molecule has 0 aromatic heterocycles.